The minimum Gasteiger partial charge on any atom is -0.0619 e. The predicted octanol–water partition coefficient (Wildman–Crippen LogP) is 10.8. The highest BCUT2D eigenvalue weighted by molar-refractivity contribution is 6.20. The summed E-state index contributed by atoms with van der Waals surface area (Å²) >= 11 is 0. The van der Waals surface area contributed by atoms with Crippen molar-refractivity contribution in [1.29, 1.82) is 0 Å². The molecule has 1 aliphatic rings. The fourth-order valence-corrected chi connectivity index (χ4v) is 5.16. The van der Waals surface area contributed by atoms with E-state index in [0.717, 1.165) is 0 Å². The normalized spacial score (nSPS) is 21.5. The molecule has 8 rings (SSSR count). The summed E-state index contributed by atoms with van der Waals surface area (Å²) in [6, 6.07) is -16.3. The highest BCUT2D eigenvalue weighted by Crippen LogP contribution is 2.49. The van der Waals surface area contributed by atoms with Crippen molar-refractivity contribution in [1.82, 2.24) is 0 Å². The molecule has 0 spiro atoms. The number of benzene rings is 7. The van der Waals surface area contributed by atoms with Gasteiger partial charge in [-0.25, -0.2) is 0 Å². The zero-order chi connectivity index (χ0) is 45.3. The summed E-state index contributed by atoms with van der Waals surface area (Å²) < 4.78 is 196. The number of fused-ring (bicyclic) bond motifs is 7. The molecule has 0 saturated heterocycles. The lowest BCUT2D eigenvalue weighted by molar-refractivity contribution is 0.660. The Balaban J connectivity index is 1.58. The van der Waals surface area contributed by atoms with Crippen LogP contribution in [0.15, 0.2) is 133 Å². The summed E-state index contributed by atoms with van der Waals surface area (Å²) in [6.07, 6.45) is 0. The monoisotopic (exact) mass is 518 g/mol. The van der Waals surface area contributed by atoms with Crippen LogP contribution in [0, 0.1) is 0 Å². The molecule has 7 aromatic carbocycles. The van der Waals surface area contributed by atoms with Crippen LogP contribution in [0.25, 0.3) is 65.7 Å². The Labute approximate surface area is 260 Å². The molecule has 39 heavy (non-hydrogen) atoms. The number of rotatable bonds is 2. The number of hydrogen-bond donors (Lipinski definition) is 0. The van der Waals surface area contributed by atoms with Crippen molar-refractivity contribution in [2.45, 2.75) is 19.3 Å². The Morgan fingerprint density at radius 2 is 1.08 bits per heavy atom. The fraction of sp³-hybridized carbons (Fsp3) is 0.0769. The Hall–Kier alpha value is -4.68. The molecule has 0 heterocycles. The van der Waals surface area contributed by atoms with Crippen LogP contribution < -0.4 is 0 Å². The molecule has 1 aliphatic carbocycles. The molecule has 0 aromatic heterocycles. The first-order valence-corrected chi connectivity index (χ1v) is 12.0. The maximum atomic E-state index is 9.45. The third-order valence-corrected chi connectivity index (χ3v) is 7.06. The number of hydrogen-bond acceptors (Lipinski definition) is 0. The second-order valence-corrected chi connectivity index (χ2v) is 9.62. The Morgan fingerprint density at radius 3 is 1.92 bits per heavy atom. The SMILES string of the molecule is [2H]c1c([2H])c([2H])c2c(c1[2H])-c1c([2H])c([2H])c(-c3c([2H])c([2H])c(-c4c5c([2H])c([2H])c([2H])c([2H])c5c([2H])c5c4c([2H])c([2H])c4c([2H])c([2H])c([2H])c([2H])c45)c([2H])c3[2H])c([2H])c1C2(C)C. The van der Waals surface area contributed by atoms with Gasteiger partial charge in [0, 0.05) is 5.41 Å². The Morgan fingerprint density at radius 1 is 0.436 bits per heavy atom. The van der Waals surface area contributed by atoms with Gasteiger partial charge in [-0.2, -0.15) is 0 Å². The van der Waals surface area contributed by atoms with Gasteiger partial charge in [0.25, 0.3) is 0 Å². The van der Waals surface area contributed by atoms with Crippen LogP contribution in [0.4, 0.5) is 0 Å². The van der Waals surface area contributed by atoms with Crippen LogP contribution in [0.5, 0.6) is 0 Å². The largest absolute Gasteiger partial charge is 0.0636 e. The van der Waals surface area contributed by atoms with E-state index in [4.69, 9.17) is 20.6 Å². The molecule has 0 N–H and O–H groups in total. The van der Waals surface area contributed by atoms with Crippen molar-refractivity contribution in [3.05, 3.63) is 144 Å². The van der Waals surface area contributed by atoms with Gasteiger partial charge in [0.15, 0.2) is 0 Å². The first kappa shape index (κ1) is 9.50. The van der Waals surface area contributed by atoms with Gasteiger partial charge in [-0.1, -0.05) is 135 Å². The Kier molecular flexibility index (Phi) is 1.99. The maximum absolute atomic E-state index is 9.45. The molecule has 0 radical (unpaired) electrons. The summed E-state index contributed by atoms with van der Waals surface area (Å²) in [4.78, 5) is 0. The van der Waals surface area contributed by atoms with Crippen LogP contribution in [0.3, 0.4) is 0 Å². The quantitative estimate of drug-likeness (QED) is 0.158. The van der Waals surface area contributed by atoms with Gasteiger partial charge in [0.05, 0.1) is 30.2 Å². The van der Waals surface area contributed by atoms with Crippen LogP contribution in [-0.2, 0) is 5.41 Å². The molecule has 0 atom stereocenters. The topological polar surface area (TPSA) is 0 Å². The molecule has 7 aromatic rings. The average molecular weight is 519 g/mol. The lowest BCUT2D eigenvalue weighted by Crippen LogP contribution is -2.14. The molecular formula is C39H28. The van der Waals surface area contributed by atoms with E-state index in [1.54, 1.807) is 13.8 Å². The standard InChI is InChI=1S/C39H28/c1-39(2)36-14-8-7-13-32(36)33-21-20-28(24-37(33)39)25-15-17-27(18-16-25)38-31-12-6-4-10-29(31)23-35-30-11-5-3-9-26(30)19-22-34(35)38/h3-24H,1-2H3/i3D,4D,5D,6D,7D,8D,9D,10D,11D,12D,13D,14D,15D,16D,17D,18D,19D,20D,21D,22D,23D,24D. The van der Waals surface area contributed by atoms with E-state index in [-0.39, 0.29) is 22.3 Å². The zero-order valence-electron chi connectivity index (χ0n) is 42.5. The van der Waals surface area contributed by atoms with E-state index in [1.807, 2.05) is 0 Å². The summed E-state index contributed by atoms with van der Waals surface area (Å²) in [7, 11) is 0. The van der Waals surface area contributed by atoms with Crippen LogP contribution in [-0.4, -0.2) is 0 Å². The zero-order valence-corrected chi connectivity index (χ0v) is 20.5. The van der Waals surface area contributed by atoms with E-state index in [9.17, 15) is 9.60 Å². The van der Waals surface area contributed by atoms with Crippen molar-refractivity contribution in [3.8, 4) is 33.4 Å². The first-order chi connectivity index (χ1) is 28.3. The lowest BCUT2D eigenvalue weighted by atomic mass is 9.81. The highest BCUT2D eigenvalue weighted by atomic mass is 14.4. The molecule has 0 fully saturated rings. The van der Waals surface area contributed by atoms with Gasteiger partial charge in [-0.05, 0) is 88.9 Å². The molecular weight excluding hydrogens is 468 g/mol. The smallest absolute Gasteiger partial charge is 0.0619 e. The maximum Gasteiger partial charge on any atom is 0.0636 e. The second-order valence-electron chi connectivity index (χ2n) is 9.62. The minimum absolute atomic E-state index is 0.0243. The first-order valence-electron chi connectivity index (χ1n) is 23.0. The molecule has 0 nitrogen and oxygen atoms in total. The molecule has 0 unspecified atom stereocenters. The summed E-state index contributed by atoms with van der Waals surface area (Å²) in [5, 5.41) is -3.05. The van der Waals surface area contributed by atoms with Crippen LogP contribution in [0.1, 0.15) is 55.1 Å². The molecule has 0 amide bonds. The van der Waals surface area contributed by atoms with Crippen molar-refractivity contribution in [2.75, 3.05) is 0 Å². The van der Waals surface area contributed by atoms with Gasteiger partial charge in [-0.15, -0.1) is 0 Å². The fourth-order valence-electron chi connectivity index (χ4n) is 5.16. The average Bonchev–Trinajstić information content (AvgIpc) is 3.47. The summed E-state index contributed by atoms with van der Waals surface area (Å²) in [5.74, 6) is 0. The second kappa shape index (κ2) is 8.16. The molecule has 0 bridgehead atoms. The molecule has 0 aliphatic heterocycles. The van der Waals surface area contributed by atoms with Crippen molar-refractivity contribution in [3.63, 3.8) is 0 Å². The molecule has 0 heteroatoms. The third kappa shape index (κ3) is 3.25. The summed E-state index contributed by atoms with van der Waals surface area (Å²) in [6.45, 7) is 3.11. The van der Waals surface area contributed by atoms with Crippen molar-refractivity contribution >= 4 is 32.3 Å². The van der Waals surface area contributed by atoms with E-state index in [2.05, 4.69) is 0 Å². The third-order valence-electron chi connectivity index (χ3n) is 7.06. The Bertz CT molecular complexity index is 3260. The van der Waals surface area contributed by atoms with E-state index < -0.39 is 193 Å². The van der Waals surface area contributed by atoms with Crippen LogP contribution >= 0.6 is 0 Å². The van der Waals surface area contributed by atoms with Gasteiger partial charge < -0.3 is 0 Å². The van der Waals surface area contributed by atoms with Crippen molar-refractivity contribution < 1.29 is 30.2 Å². The van der Waals surface area contributed by atoms with Gasteiger partial charge in [0.1, 0.15) is 0 Å². The molecule has 0 saturated carbocycles. The van der Waals surface area contributed by atoms with Gasteiger partial charge in [-0.3, -0.25) is 0 Å². The predicted molar refractivity (Wildman–Crippen MR) is 167 cm³/mol. The highest BCUT2D eigenvalue weighted by Gasteiger charge is 2.35. The minimum atomic E-state index is -1.40. The lowest BCUT2D eigenvalue weighted by Gasteiger charge is -2.22. The van der Waals surface area contributed by atoms with E-state index >= 15 is 0 Å². The molecule has 184 valence electrons. The summed E-state index contributed by atoms with van der Waals surface area (Å²) in [5.41, 5.74) is -4.04. The van der Waals surface area contributed by atoms with Gasteiger partial charge >= 0.3 is 0 Å². The van der Waals surface area contributed by atoms with Crippen molar-refractivity contribution in [2.24, 2.45) is 0 Å². The van der Waals surface area contributed by atoms with Crippen LogP contribution in [0.2, 0.25) is 0 Å². The van der Waals surface area contributed by atoms with E-state index in [0.29, 0.717) is 0 Å². The van der Waals surface area contributed by atoms with Gasteiger partial charge in [0.2, 0.25) is 0 Å². The van der Waals surface area contributed by atoms with E-state index in [1.165, 1.54) is 0 Å².